The molecule has 0 aliphatic heterocycles. The summed E-state index contributed by atoms with van der Waals surface area (Å²) in [7, 11) is 0. The zero-order valence-corrected chi connectivity index (χ0v) is 14.3. The minimum atomic E-state index is -0.177. The number of rotatable bonds is 7. The van der Waals surface area contributed by atoms with E-state index in [1.54, 1.807) is 24.0 Å². The lowest BCUT2D eigenvalue weighted by molar-refractivity contribution is 0.0948. The molecule has 0 saturated carbocycles. The van der Waals surface area contributed by atoms with E-state index >= 15 is 0 Å². The van der Waals surface area contributed by atoms with Crippen molar-refractivity contribution in [2.45, 2.75) is 13.0 Å². The highest BCUT2D eigenvalue weighted by Gasteiger charge is 2.11. The number of nitrogens with one attached hydrogen (secondary N) is 2. The minimum absolute atomic E-state index is 0.177. The maximum absolute atomic E-state index is 12.1. The molecule has 3 aromatic rings. The van der Waals surface area contributed by atoms with Gasteiger partial charge in [-0.05, 0) is 18.6 Å². The van der Waals surface area contributed by atoms with Gasteiger partial charge in [0.05, 0.1) is 17.0 Å². The van der Waals surface area contributed by atoms with Crippen LogP contribution >= 0.6 is 22.9 Å². The molecule has 0 atom stereocenters. The third kappa shape index (κ3) is 4.33. The van der Waals surface area contributed by atoms with Crippen LogP contribution in [0.3, 0.4) is 0 Å². The van der Waals surface area contributed by atoms with Crippen LogP contribution < -0.4 is 10.6 Å². The molecular weight excluding hydrogens is 346 g/mol. The van der Waals surface area contributed by atoms with E-state index < -0.39 is 0 Å². The number of anilines is 2. The molecule has 2 aromatic heterocycles. The number of carbonyl (C=O) groups excluding carboxylic acids is 1. The van der Waals surface area contributed by atoms with E-state index in [0.717, 1.165) is 18.7 Å². The fourth-order valence-corrected chi connectivity index (χ4v) is 2.97. The predicted octanol–water partition coefficient (Wildman–Crippen LogP) is 3.56. The van der Waals surface area contributed by atoms with Gasteiger partial charge in [0.25, 0.3) is 5.91 Å². The highest BCUT2D eigenvalue weighted by molar-refractivity contribution is 7.14. The first-order valence-electron chi connectivity index (χ1n) is 7.43. The first-order valence-corrected chi connectivity index (χ1v) is 8.69. The summed E-state index contributed by atoms with van der Waals surface area (Å²) in [6.07, 6.45) is 6.22. The Morgan fingerprint density at radius 1 is 1.33 bits per heavy atom. The third-order valence-corrected chi connectivity index (χ3v) is 4.38. The molecule has 0 aliphatic carbocycles. The van der Waals surface area contributed by atoms with Gasteiger partial charge >= 0.3 is 0 Å². The number of imidazole rings is 1. The molecule has 6 nitrogen and oxygen atoms in total. The summed E-state index contributed by atoms with van der Waals surface area (Å²) in [6, 6.07) is 7.40. The number of halogens is 1. The Hall–Kier alpha value is -2.38. The summed E-state index contributed by atoms with van der Waals surface area (Å²) >= 11 is 7.46. The van der Waals surface area contributed by atoms with Crippen LogP contribution in [-0.4, -0.2) is 27.0 Å². The molecule has 3 rings (SSSR count). The Balaban J connectivity index is 1.49. The largest absolute Gasteiger partial charge is 0.351 e. The molecule has 0 saturated heterocycles. The van der Waals surface area contributed by atoms with Crippen molar-refractivity contribution in [1.29, 1.82) is 0 Å². The molecule has 24 heavy (non-hydrogen) atoms. The molecule has 1 amide bonds. The summed E-state index contributed by atoms with van der Waals surface area (Å²) in [5.41, 5.74) is 1.16. The number of benzene rings is 1. The predicted molar refractivity (Wildman–Crippen MR) is 96.0 cm³/mol. The van der Waals surface area contributed by atoms with Gasteiger partial charge in [-0.15, -0.1) is 11.3 Å². The molecule has 0 fully saturated rings. The van der Waals surface area contributed by atoms with Crippen molar-refractivity contribution in [1.82, 2.24) is 19.9 Å². The molecule has 124 valence electrons. The second kappa shape index (κ2) is 7.94. The number of aromatic nitrogens is 3. The fraction of sp³-hybridized carbons (Fsp3) is 0.188. The Morgan fingerprint density at radius 3 is 3.00 bits per heavy atom. The van der Waals surface area contributed by atoms with Crippen LogP contribution in [0.4, 0.5) is 10.8 Å². The minimum Gasteiger partial charge on any atom is -0.351 e. The molecule has 2 N–H and O–H groups in total. The van der Waals surface area contributed by atoms with E-state index in [9.17, 15) is 4.79 Å². The van der Waals surface area contributed by atoms with Gasteiger partial charge in [-0.2, -0.15) is 0 Å². The zero-order valence-electron chi connectivity index (χ0n) is 12.8. The number of nitrogens with zero attached hydrogens (tertiary/aromatic N) is 3. The molecule has 0 bridgehead atoms. The summed E-state index contributed by atoms with van der Waals surface area (Å²) in [5.74, 6) is -0.177. The van der Waals surface area contributed by atoms with Crippen LogP contribution in [-0.2, 0) is 6.54 Å². The van der Waals surface area contributed by atoms with Gasteiger partial charge in [-0.25, -0.2) is 9.97 Å². The van der Waals surface area contributed by atoms with Gasteiger partial charge < -0.3 is 15.2 Å². The number of hydrogen-bond acceptors (Lipinski definition) is 5. The van der Waals surface area contributed by atoms with Crippen molar-refractivity contribution in [2.24, 2.45) is 0 Å². The first-order chi connectivity index (χ1) is 11.7. The number of hydrogen-bond donors (Lipinski definition) is 2. The molecule has 8 heteroatoms. The Kier molecular flexibility index (Phi) is 5.45. The topological polar surface area (TPSA) is 71.8 Å². The van der Waals surface area contributed by atoms with Gasteiger partial charge in [0.1, 0.15) is 5.69 Å². The number of amides is 1. The average molecular weight is 362 g/mol. The summed E-state index contributed by atoms with van der Waals surface area (Å²) in [4.78, 5) is 20.4. The molecule has 2 heterocycles. The van der Waals surface area contributed by atoms with E-state index in [2.05, 4.69) is 20.6 Å². The summed E-state index contributed by atoms with van der Waals surface area (Å²) in [5, 5.41) is 8.95. The Bertz CT molecular complexity index is 802. The van der Waals surface area contributed by atoms with Crippen LogP contribution in [0, 0.1) is 0 Å². The van der Waals surface area contributed by atoms with E-state index in [1.807, 2.05) is 29.0 Å². The van der Waals surface area contributed by atoms with Crippen LogP contribution in [0.5, 0.6) is 0 Å². The van der Waals surface area contributed by atoms with E-state index in [-0.39, 0.29) is 5.91 Å². The smallest absolute Gasteiger partial charge is 0.270 e. The van der Waals surface area contributed by atoms with Crippen molar-refractivity contribution >= 4 is 39.7 Å². The van der Waals surface area contributed by atoms with E-state index in [0.29, 0.717) is 22.4 Å². The summed E-state index contributed by atoms with van der Waals surface area (Å²) in [6.45, 7) is 1.40. The van der Waals surface area contributed by atoms with E-state index in [4.69, 9.17) is 11.6 Å². The number of carbonyl (C=O) groups is 1. The maximum atomic E-state index is 12.1. The lowest BCUT2D eigenvalue weighted by Gasteiger charge is -2.05. The van der Waals surface area contributed by atoms with Gasteiger partial charge in [0.2, 0.25) is 0 Å². The van der Waals surface area contributed by atoms with Crippen LogP contribution in [0.1, 0.15) is 16.9 Å². The molecule has 0 aliphatic rings. The number of para-hydroxylation sites is 1. The molecule has 0 unspecified atom stereocenters. The van der Waals surface area contributed by atoms with Gasteiger partial charge in [-0.1, -0.05) is 23.7 Å². The van der Waals surface area contributed by atoms with Gasteiger partial charge in [0.15, 0.2) is 5.13 Å². The first kappa shape index (κ1) is 16.5. The van der Waals surface area contributed by atoms with Crippen molar-refractivity contribution in [3.63, 3.8) is 0 Å². The maximum Gasteiger partial charge on any atom is 0.270 e. The molecule has 0 spiro atoms. The standard InChI is InChI=1S/C16H16ClN5OS/c17-12-4-1-2-5-13(12)20-16-21-14(10-24-16)15(23)19-6-3-8-22-9-7-18-11-22/h1-2,4-5,7,9-11H,3,6,8H2,(H,19,23)(H,20,21). The second-order valence-corrected chi connectivity index (χ2v) is 6.32. The van der Waals surface area contributed by atoms with Crippen LogP contribution in [0.25, 0.3) is 0 Å². The second-order valence-electron chi connectivity index (χ2n) is 5.05. The molecule has 1 aromatic carbocycles. The quantitative estimate of drug-likeness (QED) is 0.631. The average Bonchev–Trinajstić information content (AvgIpc) is 3.25. The molecular formula is C16H16ClN5OS. The third-order valence-electron chi connectivity index (χ3n) is 3.29. The zero-order chi connectivity index (χ0) is 16.8. The highest BCUT2D eigenvalue weighted by atomic mass is 35.5. The number of thiazole rings is 1. The normalized spacial score (nSPS) is 10.5. The lowest BCUT2D eigenvalue weighted by atomic mass is 10.3. The van der Waals surface area contributed by atoms with Crippen molar-refractivity contribution in [2.75, 3.05) is 11.9 Å². The van der Waals surface area contributed by atoms with Crippen LogP contribution in [0.15, 0.2) is 48.4 Å². The van der Waals surface area contributed by atoms with Gasteiger partial charge in [0, 0.05) is 30.9 Å². The lowest BCUT2D eigenvalue weighted by Crippen LogP contribution is -2.25. The summed E-state index contributed by atoms with van der Waals surface area (Å²) < 4.78 is 1.97. The monoisotopic (exact) mass is 361 g/mol. The fourth-order valence-electron chi connectivity index (χ4n) is 2.09. The van der Waals surface area contributed by atoms with Crippen LogP contribution in [0.2, 0.25) is 5.02 Å². The Labute approximate surface area is 148 Å². The molecule has 0 radical (unpaired) electrons. The number of aryl methyl sites for hydroxylation is 1. The van der Waals surface area contributed by atoms with Gasteiger partial charge in [-0.3, -0.25) is 4.79 Å². The Morgan fingerprint density at radius 2 is 2.21 bits per heavy atom. The van der Waals surface area contributed by atoms with Crippen molar-refractivity contribution in [3.05, 3.63) is 59.1 Å². The SMILES string of the molecule is O=C(NCCCn1ccnc1)c1csc(Nc2ccccc2Cl)n1. The van der Waals surface area contributed by atoms with Crippen molar-refractivity contribution in [3.8, 4) is 0 Å². The van der Waals surface area contributed by atoms with Crippen molar-refractivity contribution < 1.29 is 4.79 Å². The highest BCUT2D eigenvalue weighted by Crippen LogP contribution is 2.26. The van der Waals surface area contributed by atoms with E-state index in [1.165, 1.54) is 11.3 Å².